The number of rotatable bonds is 3. The van der Waals surface area contributed by atoms with Gasteiger partial charge in [-0.3, -0.25) is 9.78 Å². The Balaban J connectivity index is 2.21. The highest BCUT2D eigenvalue weighted by Gasteiger charge is 2.17. The van der Waals surface area contributed by atoms with Crippen molar-refractivity contribution in [1.29, 1.82) is 0 Å². The zero-order chi connectivity index (χ0) is 14.1. The minimum Gasteiger partial charge on any atom is -0.397 e. The zero-order valence-corrected chi connectivity index (χ0v) is 11.5. The van der Waals surface area contributed by atoms with Crippen molar-refractivity contribution >= 4 is 43.9 Å². The van der Waals surface area contributed by atoms with Gasteiger partial charge in [0, 0.05) is 28.2 Å². The number of fused-ring (bicyclic) bond motifs is 3. The van der Waals surface area contributed by atoms with E-state index in [1.54, 1.807) is 12.3 Å². The standard InChI is InChI=1S/C15H13N3OS/c1-2-7-17-15(19)14-12(16)10-8-18-11-6-4-3-5-9(11)13(10)20-14/h2-6,8H,1,7,16H2,(H,17,19). The van der Waals surface area contributed by atoms with Gasteiger partial charge in [-0.15, -0.1) is 17.9 Å². The van der Waals surface area contributed by atoms with Gasteiger partial charge in [-0.2, -0.15) is 0 Å². The van der Waals surface area contributed by atoms with Crippen LogP contribution in [0, 0.1) is 0 Å². The Labute approximate surface area is 119 Å². The van der Waals surface area contributed by atoms with Crippen LogP contribution in [-0.4, -0.2) is 17.4 Å². The third-order valence-corrected chi connectivity index (χ3v) is 4.33. The molecule has 0 aliphatic rings. The van der Waals surface area contributed by atoms with Crippen LogP contribution in [-0.2, 0) is 0 Å². The number of aromatic nitrogens is 1. The first-order valence-electron chi connectivity index (χ1n) is 6.17. The normalized spacial score (nSPS) is 10.8. The van der Waals surface area contributed by atoms with Crippen LogP contribution >= 0.6 is 11.3 Å². The molecule has 100 valence electrons. The molecule has 4 nitrogen and oxygen atoms in total. The number of carbonyl (C=O) groups is 1. The molecule has 0 aliphatic heterocycles. The van der Waals surface area contributed by atoms with Gasteiger partial charge in [0.05, 0.1) is 11.2 Å². The lowest BCUT2D eigenvalue weighted by Gasteiger charge is -2.00. The van der Waals surface area contributed by atoms with Crippen molar-refractivity contribution in [3.63, 3.8) is 0 Å². The van der Waals surface area contributed by atoms with Crippen molar-refractivity contribution in [2.45, 2.75) is 0 Å². The molecule has 0 saturated heterocycles. The van der Waals surface area contributed by atoms with E-state index in [4.69, 9.17) is 5.73 Å². The number of hydrogen-bond donors (Lipinski definition) is 2. The molecular weight excluding hydrogens is 270 g/mol. The summed E-state index contributed by atoms with van der Waals surface area (Å²) in [5.74, 6) is -0.173. The van der Waals surface area contributed by atoms with E-state index >= 15 is 0 Å². The van der Waals surface area contributed by atoms with Crippen molar-refractivity contribution in [3.05, 3.63) is 48.0 Å². The van der Waals surface area contributed by atoms with E-state index in [2.05, 4.69) is 16.9 Å². The van der Waals surface area contributed by atoms with Gasteiger partial charge in [-0.1, -0.05) is 24.3 Å². The first-order chi connectivity index (χ1) is 9.72. The van der Waals surface area contributed by atoms with Gasteiger partial charge in [0.25, 0.3) is 5.91 Å². The summed E-state index contributed by atoms with van der Waals surface area (Å²) in [5, 5.41) is 4.60. The SMILES string of the molecule is C=CCNC(=O)c1sc2c(cnc3ccccc32)c1N. The minimum absolute atomic E-state index is 0.173. The second-order valence-corrected chi connectivity index (χ2v) is 5.38. The second-order valence-electron chi connectivity index (χ2n) is 4.36. The number of carbonyl (C=O) groups excluding carboxylic acids is 1. The number of hydrogen-bond acceptors (Lipinski definition) is 4. The van der Waals surface area contributed by atoms with Crippen LogP contribution in [0.2, 0.25) is 0 Å². The minimum atomic E-state index is -0.173. The molecule has 2 heterocycles. The molecule has 0 unspecified atom stereocenters. The Bertz CT molecular complexity index is 822. The van der Waals surface area contributed by atoms with Gasteiger partial charge in [-0.25, -0.2) is 0 Å². The maximum atomic E-state index is 12.1. The molecule has 20 heavy (non-hydrogen) atoms. The summed E-state index contributed by atoms with van der Waals surface area (Å²) < 4.78 is 0.997. The van der Waals surface area contributed by atoms with Gasteiger partial charge in [0.2, 0.25) is 0 Å². The molecule has 0 bridgehead atoms. The van der Waals surface area contributed by atoms with Gasteiger partial charge >= 0.3 is 0 Å². The lowest BCUT2D eigenvalue weighted by molar-refractivity contribution is 0.0963. The number of nitrogen functional groups attached to an aromatic ring is 1. The van der Waals surface area contributed by atoms with E-state index in [1.807, 2.05) is 24.3 Å². The van der Waals surface area contributed by atoms with Crippen molar-refractivity contribution in [2.75, 3.05) is 12.3 Å². The lowest BCUT2D eigenvalue weighted by Crippen LogP contribution is -2.22. The van der Waals surface area contributed by atoms with E-state index < -0.39 is 0 Å². The van der Waals surface area contributed by atoms with Crippen LogP contribution in [0.15, 0.2) is 43.1 Å². The van der Waals surface area contributed by atoms with Gasteiger partial charge in [0.1, 0.15) is 4.88 Å². The van der Waals surface area contributed by atoms with Gasteiger partial charge in [-0.05, 0) is 6.07 Å². The number of nitrogens with zero attached hydrogens (tertiary/aromatic N) is 1. The highest BCUT2D eigenvalue weighted by atomic mass is 32.1. The van der Waals surface area contributed by atoms with Gasteiger partial charge in [0.15, 0.2) is 0 Å². The van der Waals surface area contributed by atoms with Gasteiger partial charge < -0.3 is 11.1 Å². The summed E-state index contributed by atoms with van der Waals surface area (Å²) in [4.78, 5) is 17.0. The summed E-state index contributed by atoms with van der Waals surface area (Å²) in [6.45, 7) is 4.00. The molecule has 0 aliphatic carbocycles. The quantitative estimate of drug-likeness (QED) is 0.726. The molecule has 1 amide bonds. The number of para-hydroxylation sites is 1. The average molecular weight is 283 g/mol. The number of pyridine rings is 1. The first kappa shape index (κ1) is 12.6. The molecule has 3 aromatic rings. The van der Waals surface area contributed by atoms with Crippen molar-refractivity contribution in [2.24, 2.45) is 0 Å². The highest BCUT2D eigenvalue weighted by Crippen LogP contribution is 2.37. The number of nitrogens with two attached hydrogens (primary N) is 1. The van der Waals surface area contributed by atoms with Crippen LogP contribution in [0.25, 0.3) is 21.0 Å². The van der Waals surface area contributed by atoms with E-state index in [1.165, 1.54) is 11.3 Å². The van der Waals surface area contributed by atoms with Crippen LogP contribution in [0.5, 0.6) is 0 Å². The predicted octanol–water partition coefficient (Wildman–Crippen LogP) is 2.95. The summed E-state index contributed by atoms with van der Waals surface area (Å²) >= 11 is 1.40. The maximum Gasteiger partial charge on any atom is 0.263 e. The maximum absolute atomic E-state index is 12.1. The van der Waals surface area contributed by atoms with E-state index in [9.17, 15) is 4.79 Å². The molecule has 0 spiro atoms. The largest absolute Gasteiger partial charge is 0.397 e. The van der Waals surface area contributed by atoms with Crippen LogP contribution in [0.1, 0.15) is 9.67 Å². The molecule has 3 N–H and O–H groups in total. The van der Waals surface area contributed by atoms with E-state index in [0.29, 0.717) is 17.1 Å². The summed E-state index contributed by atoms with van der Waals surface area (Å²) in [6, 6.07) is 7.83. The fraction of sp³-hybridized carbons (Fsp3) is 0.0667. The Morgan fingerprint density at radius 3 is 3.00 bits per heavy atom. The van der Waals surface area contributed by atoms with Crippen LogP contribution in [0.3, 0.4) is 0 Å². The molecule has 0 saturated carbocycles. The zero-order valence-electron chi connectivity index (χ0n) is 10.7. The Hall–Kier alpha value is -2.40. The van der Waals surface area contributed by atoms with Crippen LogP contribution in [0.4, 0.5) is 5.69 Å². The first-order valence-corrected chi connectivity index (χ1v) is 6.99. The molecular formula is C15H13N3OS. The fourth-order valence-electron chi connectivity index (χ4n) is 2.11. The third-order valence-electron chi connectivity index (χ3n) is 3.08. The molecule has 5 heteroatoms. The highest BCUT2D eigenvalue weighted by molar-refractivity contribution is 7.22. The second kappa shape index (κ2) is 4.94. The smallest absolute Gasteiger partial charge is 0.263 e. The number of thiophene rings is 1. The lowest BCUT2D eigenvalue weighted by atomic mass is 10.1. The van der Waals surface area contributed by atoms with E-state index in [0.717, 1.165) is 21.0 Å². The molecule has 0 fully saturated rings. The molecule has 0 atom stereocenters. The van der Waals surface area contributed by atoms with E-state index in [-0.39, 0.29) is 5.91 Å². The Kier molecular flexibility index (Phi) is 3.12. The summed E-state index contributed by atoms with van der Waals surface area (Å²) in [5.41, 5.74) is 7.48. The Morgan fingerprint density at radius 1 is 1.40 bits per heavy atom. The third kappa shape index (κ3) is 1.92. The number of anilines is 1. The van der Waals surface area contributed by atoms with Crippen molar-refractivity contribution < 1.29 is 4.79 Å². The predicted molar refractivity (Wildman–Crippen MR) is 84.1 cm³/mol. The number of benzene rings is 1. The fourth-order valence-corrected chi connectivity index (χ4v) is 3.26. The summed E-state index contributed by atoms with van der Waals surface area (Å²) in [6.07, 6.45) is 3.37. The molecule has 3 rings (SSSR count). The molecule has 0 radical (unpaired) electrons. The topological polar surface area (TPSA) is 68.0 Å². The number of nitrogens with one attached hydrogen (secondary N) is 1. The number of amides is 1. The van der Waals surface area contributed by atoms with Crippen LogP contribution < -0.4 is 11.1 Å². The van der Waals surface area contributed by atoms with Crippen molar-refractivity contribution in [3.8, 4) is 0 Å². The Morgan fingerprint density at radius 2 is 2.20 bits per heavy atom. The molecule has 1 aromatic carbocycles. The average Bonchev–Trinajstić information content (AvgIpc) is 2.82. The monoisotopic (exact) mass is 283 g/mol. The van der Waals surface area contributed by atoms with Crippen molar-refractivity contribution in [1.82, 2.24) is 10.3 Å². The molecule has 2 aromatic heterocycles. The summed E-state index contributed by atoms with van der Waals surface area (Å²) in [7, 11) is 0.